The van der Waals surface area contributed by atoms with Gasteiger partial charge in [-0.3, -0.25) is 0 Å². The monoisotopic (exact) mass is 407 g/mol. The summed E-state index contributed by atoms with van der Waals surface area (Å²) >= 11 is 0. The van der Waals surface area contributed by atoms with Gasteiger partial charge in [-0.15, -0.1) is 0 Å². The van der Waals surface area contributed by atoms with Crippen LogP contribution in [0.15, 0.2) is 0 Å². The Kier molecular flexibility index (Phi) is 15.6. The first-order chi connectivity index (χ1) is 12.8. The average molecular weight is 408 g/mol. The van der Waals surface area contributed by atoms with Gasteiger partial charge in [-0.1, -0.05) is 71.1 Å². The number of rotatable bonds is 19. The zero-order chi connectivity index (χ0) is 20.6. The van der Waals surface area contributed by atoms with Crippen molar-refractivity contribution in [2.75, 3.05) is 13.2 Å². The van der Waals surface area contributed by atoms with Crippen LogP contribution in [0, 0.1) is 5.92 Å². The molecule has 5 nitrogen and oxygen atoms in total. The molecule has 6 heteroatoms. The molecule has 0 fully saturated rings. The van der Waals surface area contributed by atoms with Crippen LogP contribution >= 0.6 is 0 Å². The lowest BCUT2D eigenvalue weighted by Gasteiger charge is -2.33. The van der Waals surface area contributed by atoms with Crippen molar-refractivity contribution < 1.29 is 16.8 Å². The van der Waals surface area contributed by atoms with Gasteiger partial charge in [0.2, 0.25) is 0 Å². The lowest BCUT2D eigenvalue weighted by Crippen LogP contribution is -2.37. The van der Waals surface area contributed by atoms with E-state index in [1.165, 1.54) is 57.8 Å². The highest BCUT2D eigenvalue weighted by molar-refractivity contribution is 7.81. The predicted octanol–water partition coefficient (Wildman–Crippen LogP) is 5.73. The second kappa shape index (κ2) is 15.7. The van der Waals surface area contributed by atoms with Crippen LogP contribution in [0.5, 0.6) is 0 Å². The van der Waals surface area contributed by atoms with Gasteiger partial charge in [0.15, 0.2) is 0 Å². The smallest absolute Gasteiger partial charge is 0.330 e. The molecule has 0 radical (unpaired) electrons. The molecule has 0 aromatic rings. The first-order valence-corrected chi connectivity index (χ1v) is 12.4. The van der Waals surface area contributed by atoms with Gasteiger partial charge < -0.3 is 5.73 Å². The Labute approximate surface area is 169 Å². The average Bonchev–Trinajstić information content (AvgIpc) is 2.57. The van der Waals surface area contributed by atoms with E-state index in [0.717, 1.165) is 25.7 Å². The van der Waals surface area contributed by atoms with Crippen LogP contribution < -0.4 is 5.73 Å². The molecule has 0 aliphatic heterocycles. The summed E-state index contributed by atoms with van der Waals surface area (Å²) in [6.07, 6.45) is 15.7. The Morgan fingerprint density at radius 3 is 1.78 bits per heavy atom. The van der Waals surface area contributed by atoms with E-state index in [2.05, 4.69) is 6.92 Å². The van der Waals surface area contributed by atoms with E-state index in [1.807, 2.05) is 13.8 Å². The standard InChI is InChI=1S/C21H45NO4S/c1-5-7-8-9-10-11-12-13-14-15-17-20(18-16-19-22)21(3,4)26-27(23,24)25-6-2/h20H,5-19,22H2,1-4H3. The van der Waals surface area contributed by atoms with E-state index in [1.54, 1.807) is 6.92 Å². The molecule has 0 saturated carbocycles. The number of unbranched alkanes of at least 4 members (excludes halogenated alkanes) is 9. The van der Waals surface area contributed by atoms with Gasteiger partial charge in [0.1, 0.15) is 0 Å². The molecule has 0 saturated heterocycles. The fraction of sp³-hybridized carbons (Fsp3) is 1.00. The molecule has 0 aromatic heterocycles. The summed E-state index contributed by atoms with van der Waals surface area (Å²) in [7, 11) is -3.94. The molecule has 1 unspecified atom stereocenters. The third kappa shape index (κ3) is 14.5. The van der Waals surface area contributed by atoms with Gasteiger partial charge in [0.25, 0.3) is 0 Å². The van der Waals surface area contributed by atoms with Crippen molar-refractivity contribution in [3.05, 3.63) is 0 Å². The van der Waals surface area contributed by atoms with Crippen LogP contribution in [-0.4, -0.2) is 27.2 Å². The van der Waals surface area contributed by atoms with Gasteiger partial charge in [-0.05, 0) is 52.5 Å². The molecule has 0 heterocycles. The number of nitrogens with two attached hydrogens (primary N) is 1. The van der Waals surface area contributed by atoms with Crippen molar-refractivity contribution in [1.29, 1.82) is 0 Å². The second-order valence-electron chi connectivity index (χ2n) is 8.10. The lowest BCUT2D eigenvalue weighted by molar-refractivity contribution is 0.0229. The Bertz CT molecular complexity index is 437. The summed E-state index contributed by atoms with van der Waals surface area (Å²) < 4.78 is 33.9. The molecule has 0 aromatic carbocycles. The molecule has 1 atom stereocenters. The summed E-state index contributed by atoms with van der Waals surface area (Å²) in [6.45, 7) is 8.29. The van der Waals surface area contributed by atoms with E-state index >= 15 is 0 Å². The second-order valence-corrected chi connectivity index (χ2v) is 9.32. The number of hydrogen-bond acceptors (Lipinski definition) is 5. The van der Waals surface area contributed by atoms with E-state index in [4.69, 9.17) is 14.1 Å². The van der Waals surface area contributed by atoms with Crippen LogP contribution in [0.25, 0.3) is 0 Å². The SMILES string of the molecule is CCCCCCCCCCCCC(CCCN)C(C)(C)OS(=O)(=O)OCC. The minimum absolute atomic E-state index is 0.0876. The van der Waals surface area contributed by atoms with Crippen LogP contribution in [0.1, 0.15) is 111 Å². The van der Waals surface area contributed by atoms with E-state index in [0.29, 0.717) is 6.54 Å². The zero-order valence-electron chi connectivity index (χ0n) is 18.3. The maximum Gasteiger partial charge on any atom is 0.400 e. The maximum atomic E-state index is 11.9. The van der Waals surface area contributed by atoms with Gasteiger partial charge in [-0.2, -0.15) is 8.42 Å². The van der Waals surface area contributed by atoms with Crippen LogP contribution in [-0.2, 0) is 18.8 Å². The molecule has 0 spiro atoms. The summed E-state index contributed by atoms with van der Waals surface area (Å²) in [5.41, 5.74) is 4.89. The van der Waals surface area contributed by atoms with Crippen molar-refractivity contribution in [3.8, 4) is 0 Å². The molecular formula is C21H45NO4S. The Balaban J connectivity index is 4.22. The minimum atomic E-state index is -3.94. The molecule has 2 N–H and O–H groups in total. The highest BCUT2D eigenvalue weighted by Crippen LogP contribution is 2.32. The van der Waals surface area contributed by atoms with Crippen LogP contribution in [0.2, 0.25) is 0 Å². The molecule has 0 amide bonds. The third-order valence-electron chi connectivity index (χ3n) is 5.23. The molecule has 0 rings (SSSR count). The normalized spacial score (nSPS) is 13.8. The largest absolute Gasteiger partial charge is 0.400 e. The summed E-state index contributed by atoms with van der Waals surface area (Å²) in [6, 6.07) is 0. The predicted molar refractivity (Wildman–Crippen MR) is 114 cm³/mol. The number of hydrogen-bond donors (Lipinski definition) is 1. The lowest BCUT2D eigenvalue weighted by atomic mass is 9.83. The highest BCUT2D eigenvalue weighted by Gasteiger charge is 2.35. The van der Waals surface area contributed by atoms with Crippen molar-refractivity contribution in [2.24, 2.45) is 11.7 Å². The van der Waals surface area contributed by atoms with Crippen molar-refractivity contribution >= 4 is 10.4 Å². The van der Waals surface area contributed by atoms with Crippen molar-refractivity contribution in [2.45, 2.75) is 117 Å². The topological polar surface area (TPSA) is 78.6 Å². The Morgan fingerprint density at radius 2 is 1.30 bits per heavy atom. The molecular weight excluding hydrogens is 362 g/mol. The summed E-state index contributed by atoms with van der Waals surface area (Å²) in [5, 5.41) is 0. The molecule has 0 bridgehead atoms. The Hall–Kier alpha value is -0.170. The minimum Gasteiger partial charge on any atom is -0.330 e. The Morgan fingerprint density at radius 1 is 0.815 bits per heavy atom. The summed E-state index contributed by atoms with van der Waals surface area (Å²) in [5.74, 6) is 0.158. The third-order valence-corrected chi connectivity index (χ3v) is 6.38. The molecule has 164 valence electrons. The molecule has 27 heavy (non-hydrogen) atoms. The molecule has 0 aliphatic rings. The fourth-order valence-electron chi connectivity index (χ4n) is 3.58. The molecule has 0 aliphatic carbocycles. The van der Waals surface area contributed by atoms with Gasteiger partial charge in [-0.25, -0.2) is 8.37 Å². The zero-order valence-corrected chi connectivity index (χ0v) is 19.1. The fourth-order valence-corrected chi connectivity index (χ4v) is 4.58. The van der Waals surface area contributed by atoms with Crippen LogP contribution in [0.4, 0.5) is 0 Å². The quantitative estimate of drug-likeness (QED) is 0.277. The first-order valence-electron chi connectivity index (χ1n) is 11.1. The van der Waals surface area contributed by atoms with E-state index < -0.39 is 16.0 Å². The van der Waals surface area contributed by atoms with Crippen molar-refractivity contribution in [3.63, 3.8) is 0 Å². The summed E-state index contributed by atoms with van der Waals surface area (Å²) in [4.78, 5) is 0. The first kappa shape index (κ1) is 26.8. The van der Waals surface area contributed by atoms with E-state index in [-0.39, 0.29) is 12.5 Å². The van der Waals surface area contributed by atoms with E-state index in [9.17, 15) is 8.42 Å². The van der Waals surface area contributed by atoms with Gasteiger partial charge in [0.05, 0.1) is 12.2 Å². The van der Waals surface area contributed by atoms with Crippen molar-refractivity contribution in [1.82, 2.24) is 0 Å². The maximum absolute atomic E-state index is 11.9. The highest BCUT2D eigenvalue weighted by atomic mass is 32.3. The van der Waals surface area contributed by atoms with Gasteiger partial charge in [0, 0.05) is 0 Å². The van der Waals surface area contributed by atoms with Gasteiger partial charge >= 0.3 is 10.4 Å². The van der Waals surface area contributed by atoms with Crippen LogP contribution in [0.3, 0.4) is 0 Å².